The highest BCUT2D eigenvalue weighted by Crippen LogP contribution is 2.39. The highest BCUT2D eigenvalue weighted by atomic mass is 17.5. The Morgan fingerprint density at radius 2 is 1.62 bits per heavy atom. The molecule has 0 bridgehead atoms. The molecule has 0 aliphatic heterocycles. The normalized spacial score (nSPS) is 10.1. The zero-order valence-corrected chi connectivity index (χ0v) is 14.1. The second kappa shape index (κ2) is 9.46. The summed E-state index contributed by atoms with van der Waals surface area (Å²) in [5.41, 5.74) is -0.0192. The van der Waals surface area contributed by atoms with Gasteiger partial charge in [0.05, 0.1) is 33.0 Å². The predicted octanol–water partition coefficient (Wildman–Crippen LogP) is 2.53. The van der Waals surface area contributed by atoms with Gasteiger partial charge >= 0.3 is 12.1 Å². The largest absolute Gasteiger partial charge is 0.543 e. The van der Waals surface area contributed by atoms with Crippen molar-refractivity contribution in [1.29, 1.82) is 0 Å². The number of hydrogen-bond donors (Lipinski definition) is 0. The number of carbonyl (C=O) groups excluding carboxylic acids is 2. The summed E-state index contributed by atoms with van der Waals surface area (Å²) in [5, 5.41) is 4.12. The van der Waals surface area contributed by atoms with E-state index in [2.05, 4.69) is 19.6 Å². The first-order valence-corrected chi connectivity index (χ1v) is 6.95. The Hall–Kier alpha value is -2.68. The van der Waals surface area contributed by atoms with Crippen LogP contribution in [0.1, 0.15) is 24.2 Å². The lowest BCUT2D eigenvalue weighted by Crippen LogP contribution is -2.15. The molecule has 1 aromatic carbocycles. The Balaban J connectivity index is 2.70. The minimum absolute atomic E-state index is 0.0192. The fourth-order valence-corrected chi connectivity index (χ4v) is 1.64. The van der Waals surface area contributed by atoms with Crippen LogP contribution in [0.25, 0.3) is 0 Å². The summed E-state index contributed by atoms with van der Waals surface area (Å²) >= 11 is 0. The first kappa shape index (κ1) is 19.4. The highest BCUT2D eigenvalue weighted by Gasteiger charge is 2.23. The monoisotopic (exact) mass is 344 g/mol. The molecule has 0 spiro atoms. The molecule has 0 fully saturated rings. The van der Waals surface area contributed by atoms with Gasteiger partial charge < -0.3 is 18.9 Å². The number of ether oxygens (including phenoxy) is 4. The van der Waals surface area contributed by atoms with Crippen LogP contribution in [0.2, 0.25) is 0 Å². The summed E-state index contributed by atoms with van der Waals surface area (Å²) in [4.78, 5) is 31.7. The highest BCUT2D eigenvalue weighted by molar-refractivity contribution is 5.93. The molecule has 0 unspecified atom stereocenters. The molecule has 0 N–H and O–H groups in total. The number of hydrogen-bond acceptors (Lipinski definition) is 9. The van der Waals surface area contributed by atoms with Crippen LogP contribution >= 0.6 is 0 Å². The summed E-state index contributed by atoms with van der Waals surface area (Å²) < 4.78 is 20.0. The van der Waals surface area contributed by atoms with E-state index in [0.29, 0.717) is 5.75 Å². The first-order valence-electron chi connectivity index (χ1n) is 6.95. The minimum atomic E-state index is -1.13. The third kappa shape index (κ3) is 5.20. The quantitative estimate of drug-likeness (QED) is 0.400. The van der Waals surface area contributed by atoms with Crippen molar-refractivity contribution >= 4 is 12.1 Å². The van der Waals surface area contributed by atoms with Gasteiger partial charge in [-0.05, 0) is 18.1 Å². The fraction of sp³-hybridized carbons (Fsp3) is 0.467. The third-order valence-corrected chi connectivity index (χ3v) is 2.67. The third-order valence-electron chi connectivity index (χ3n) is 2.67. The van der Waals surface area contributed by atoms with Crippen LogP contribution in [0, 0.1) is 5.92 Å². The Morgan fingerprint density at radius 3 is 2.17 bits per heavy atom. The molecule has 0 saturated heterocycles. The molecule has 9 heteroatoms. The van der Waals surface area contributed by atoms with Gasteiger partial charge in [-0.2, -0.15) is 0 Å². The zero-order chi connectivity index (χ0) is 18.1. The lowest BCUT2D eigenvalue weighted by atomic mass is 10.1. The maximum absolute atomic E-state index is 12.0. The van der Waals surface area contributed by atoms with Crippen molar-refractivity contribution in [2.75, 3.05) is 27.9 Å². The van der Waals surface area contributed by atoms with E-state index >= 15 is 0 Å². The number of benzene rings is 1. The number of methoxy groups -OCH3 is 3. The molecule has 0 saturated carbocycles. The fourth-order valence-electron chi connectivity index (χ4n) is 1.64. The van der Waals surface area contributed by atoms with Crippen molar-refractivity contribution in [3.63, 3.8) is 0 Å². The summed E-state index contributed by atoms with van der Waals surface area (Å²) in [6.07, 6.45) is -1.13. The van der Waals surface area contributed by atoms with Gasteiger partial charge in [0, 0.05) is 0 Å². The molecule has 1 rings (SSSR count). The first-order chi connectivity index (χ1) is 11.4. The average molecular weight is 344 g/mol. The summed E-state index contributed by atoms with van der Waals surface area (Å²) in [7, 11) is 4.17. The van der Waals surface area contributed by atoms with Crippen LogP contribution in [-0.4, -0.2) is 40.1 Å². The van der Waals surface area contributed by atoms with Crippen LogP contribution in [0.5, 0.6) is 17.2 Å². The van der Waals surface area contributed by atoms with E-state index in [4.69, 9.17) is 14.2 Å². The van der Waals surface area contributed by atoms with Crippen molar-refractivity contribution < 1.29 is 43.3 Å². The summed E-state index contributed by atoms with van der Waals surface area (Å²) in [5.74, 6) is -0.208. The van der Waals surface area contributed by atoms with E-state index in [-0.39, 0.29) is 29.6 Å². The Morgan fingerprint density at radius 1 is 0.958 bits per heavy atom. The number of rotatable bonds is 8. The van der Waals surface area contributed by atoms with Gasteiger partial charge in [-0.25, -0.2) is 14.5 Å². The van der Waals surface area contributed by atoms with Crippen LogP contribution in [0.3, 0.4) is 0 Å². The van der Waals surface area contributed by atoms with Crippen molar-refractivity contribution in [3.05, 3.63) is 17.7 Å². The molecule has 0 aromatic heterocycles. The van der Waals surface area contributed by atoms with Gasteiger partial charge in [-0.1, -0.05) is 13.8 Å². The molecule has 0 atom stereocenters. The molecule has 0 amide bonds. The van der Waals surface area contributed by atoms with Gasteiger partial charge in [0.25, 0.3) is 0 Å². The van der Waals surface area contributed by atoms with Gasteiger partial charge in [-0.15, -0.1) is 0 Å². The summed E-state index contributed by atoms with van der Waals surface area (Å²) in [6.45, 7) is 3.83. The molecule has 0 heterocycles. The molecule has 24 heavy (non-hydrogen) atoms. The lowest BCUT2D eigenvalue weighted by Gasteiger charge is -2.14. The van der Waals surface area contributed by atoms with Gasteiger partial charge in [0.15, 0.2) is 11.5 Å². The Kier molecular flexibility index (Phi) is 7.63. The molecule has 1 aromatic rings. The standard InChI is InChI=1S/C15H20O9/c1-9(2)8-21-15(17)23-24-22-14(16)10-6-7-11(18-3)13(20-5)12(10)19-4/h6-7,9H,8H2,1-5H3. The van der Waals surface area contributed by atoms with Crippen LogP contribution in [-0.2, 0) is 19.6 Å². The van der Waals surface area contributed by atoms with Crippen molar-refractivity contribution in [2.24, 2.45) is 5.92 Å². The minimum Gasteiger partial charge on any atom is -0.493 e. The van der Waals surface area contributed by atoms with Crippen LogP contribution in [0.15, 0.2) is 12.1 Å². The Labute approximate surface area is 139 Å². The van der Waals surface area contributed by atoms with E-state index in [1.807, 2.05) is 13.8 Å². The van der Waals surface area contributed by atoms with Gasteiger partial charge in [0.2, 0.25) is 5.75 Å². The molecular formula is C15H20O9. The topological polar surface area (TPSA) is 98.8 Å². The van der Waals surface area contributed by atoms with Crippen LogP contribution < -0.4 is 14.2 Å². The lowest BCUT2D eigenvalue weighted by molar-refractivity contribution is -0.452. The average Bonchev–Trinajstić information content (AvgIpc) is 2.58. The van der Waals surface area contributed by atoms with Crippen molar-refractivity contribution in [2.45, 2.75) is 13.8 Å². The van der Waals surface area contributed by atoms with Gasteiger partial charge in [0.1, 0.15) is 5.56 Å². The SMILES string of the molecule is COc1ccc(C(=O)OOOC(=O)OCC(C)C)c(OC)c1OC. The van der Waals surface area contributed by atoms with Crippen molar-refractivity contribution in [3.8, 4) is 17.2 Å². The van der Waals surface area contributed by atoms with Crippen LogP contribution in [0.4, 0.5) is 4.79 Å². The molecule has 0 radical (unpaired) electrons. The molecular weight excluding hydrogens is 324 g/mol. The second-order valence-corrected chi connectivity index (χ2v) is 4.86. The van der Waals surface area contributed by atoms with E-state index < -0.39 is 12.1 Å². The Bertz CT molecular complexity index is 568. The van der Waals surface area contributed by atoms with E-state index in [1.54, 1.807) is 0 Å². The van der Waals surface area contributed by atoms with Gasteiger partial charge in [-0.3, -0.25) is 4.89 Å². The summed E-state index contributed by atoms with van der Waals surface area (Å²) in [6, 6.07) is 2.86. The maximum atomic E-state index is 12.0. The van der Waals surface area contributed by atoms with Crippen molar-refractivity contribution in [1.82, 2.24) is 0 Å². The predicted molar refractivity (Wildman–Crippen MR) is 79.9 cm³/mol. The molecule has 0 aliphatic rings. The van der Waals surface area contributed by atoms with E-state index in [1.165, 1.54) is 33.5 Å². The molecule has 134 valence electrons. The zero-order valence-electron chi connectivity index (χ0n) is 14.1. The molecule has 0 aliphatic carbocycles. The maximum Gasteiger partial charge on any atom is 0.543 e. The molecule has 9 nitrogen and oxygen atoms in total. The second-order valence-electron chi connectivity index (χ2n) is 4.86. The van der Waals surface area contributed by atoms with E-state index in [0.717, 1.165) is 0 Å². The number of carbonyl (C=O) groups is 2. The smallest absolute Gasteiger partial charge is 0.493 e. The van der Waals surface area contributed by atoms with E-state index in [9.17, 15) is 9.59 Å².